The van der Waals surface area contributed by atoms with Gasteiger partial charge in [0.15, 0.2) is 0 Å². The highest BCUT2D eigenvalue weighted by Crippen LogP contribution is 2.38. The van der Waals surface area contributed by atoms with Crippen LogP contribution in [0.15, 0.2) is 10.5 Å². The van der Waals surface area contributed by atoms with Crippen LogP contribution < -0.4 is 14.9 Å². The van der Waals surface area contributed by atoms with E-state index in [-0.39, 0.29) is 0 Å². The van der Waals surface area contributed by atoms with Gasteiger partial charge >= 0.3 is 7.12 Å². The first kappa shape index (κ1) is 15.6. The summed E-state index contributed by atoms with van der Waals surface area (Å²) in [5, 5.41) is 0. The number of aromatic nitrogens is 1. The lowest BCUT2D eigenvalue weighted by Crippen LogP contribution is -2.41. The van der Waals surface area contributed by atoms with Crippen LogP contribution in [0, 0.1) is 0 Å². The van der Waals surface area contributed by atoms with Crippen LogP contribution in [0.5, 0.6) is 11.8 Å². The summed E-state index contributed by atoms with van der Waals surface area (Å²) in [5.41, 5.74) is -0.00540. The van der Waals surface area contributed by atoms with Crippen molar-refractivity contribution in [2.24, 2.45) is 0 Å². The molecule has 0 spiro atoms. The van der Waals surface area contributed by atoms with E-state index in [0.717, 1.165) is 5.46 Å². The highest BCUT2D eigenvalue weighted by atomic mass is 79.9. The van der Waals surface area contributed by atoms with Crippen molar-refractivity contribution in [2.45, 2.75) is 38.9 Å². The van der Waals surface area contributed by atoms with Crippen LogP contribution in [0.1, 0.15) is 27.7 Å². The lowest BCUT2D eigenvalue weighted by atomic mass is 9.79. The third-order valence-corrected chi connectivity index (χ3v) is 4.64. The molecule has 0 radical (unpaired) electrons. The van der Waals surface area contributed by atoms with Gasteiger partial charge in [0.2, 0.25) is 11.8 Å². The molecule has 1 aliphatic rings. The number of nitrogens with zero attached hydrogens (tertiary/aromatic N) is 1. The lowest BCUT2D eigenvalue weighted by molar-refractivity contribution is 0.00578. The monoisotopic (exact) mass is 343 g/mol. The third kappa shape index (κ3) is 2.54. The first-order valence-electron chi connectivity index (χ1n) is 6.36. The molecule has 20 heavy (non-hydrogen) atoms. The zero-order valence-electron chi connectivity index (χ0n) is 12.6. The van der Waals surface area contributed by atoms with E-state index >= 15 is 0 Å². The maximum absolute atomic E-state index is 6.04. The average molecular weight is 344 g/mol. The summed E-state index contributed by atoms with van der Waals surface area (Å²) in [4.78, 5) is 4.21. The van der Waals surface area contributed by atoms with Gasteiger partial charge in [0.05, 0.1) is 29.9 Å². The van der Waals surface area contributed by atoms with Crippen LogP contribution in [0.25, 0.3) is 0 Å². The summed E-state index contributed by atoms with van der Waals surface area (Å²) >= 11 is 3.49. The second-order valence-corrected chi connectivity index (χ2v) is 6.46. The molecule has 1 aromatic rings. The van der Waals surface area contributed by atoms with Gasteiger partial charge in [0.25, 0.3) is 0 Å². The Morgan fingerprint density at radius 2 is 1.65 bits per heavy atom. The minimum Gasteiger partial charge on any atom is -0.481 e. The fraction of sp³-hybridized carbons (Fsp3) is 0.615. The van der Waals surface area contributed by atoms with Crippen LogP contribution in [0.3, 0.4) is 0 Å². The molecule has 2 rings (SSSR count). The van der Waals surface area contributed by atoms with Crippen LogP contribution in [0.4, 0.5) is 0 Å². The first-order chi connectivity index (χ1) is 9.21. The Bertz CT molecular complexity index is 505. The highest BCUT2D eigenvalue weighted by Gasteiger charge is 2.52. The molecule has 110 valence electrons. The fourth-order valence-electron chi connectivity index (χ4n) is 1.88. The summed E-state index contributed by atoms with van der Waals surface area (Å²) in [6.07, 6.45) is 0. The van der Waals surface area contributed by atoms with Gasteiger partial charge in [0.1, 0.15) is 0 Å². The zero-order chi connectivity index (χ0) is 15.1. The van der Waals surface area contributed by atoms with E-state index in [1.807, 2.05) is 27.7 Å². The molecule has 7 heteroatoms. The van der Waals surface area contributed by atoms with Crippen molar-refractivity contribution in [1.82, 2.24) is 4.98 Å². The summed E-state index contributed by atoms with van der Waals surface area (Å²) in [5.74, 6) is 0.892. The van der Waals surface area contributed by atoms with Crippen molar-refractivity contribution >= 4 is 28.5 Å². The Morgan fingerprint density at radius 1 is 1.10 bits per heavy atom. The average Bonchev–Trinajstić information content (AvgIpc) is 2.58. The number of halogens is 1. The Balaban J connectivity index is 2.44. The molecule has 0 unspecified atom stereocenters. The number of ether oxygens (including phenoxy) is 2. The Labute approximate surface area is 128 Å². The van der Waals surface area contributed by atoms with Gasteiger partial charge in [-0.25, -0.2) is 0 Å². The first-order valence-corrected chi connectivity index (χ1v) is 7.15. The molecule has 0 saturated carbocycles. The molecule has 1 saturated heterocycles. The largest absolute Gasteiger partial charge is 0.496 e. The molecule has 0 bridgehead atoms. The topological polar surface area (TPSA) is 49.8 Å². The maximum Gasteiger partial charge on any atom is 0.496 e. The van der Waals surface area contributed by atoms with E-state index in [1.165, 1.54) is 0 Å². The number of methoxy groups -OCH3 is 2. The Hall–Kier alpha value is -0.785. The predicted molar refractivity (Wildman–Crippen MR) is 80.8 cm³/mol. The minimum atomic E-state index is -0.500. The van der Waals surface area contributed by atoms with Crippen LogP contribution in [-0.4, -0.2) is 37.5 Å². The number of rotatable bonds is 3. The molecule has 1 aliphatic heterocycles. The van der Waals surface area contributed by atoms with Crippen molar-refractivity contribution in [3.8, 4) is 11.8 Å². The molecule has 0 amide bonds. The highest BCUT2D eigenvalue weighted by molar-refractivity contribution is 9.10. The van der Waals surface area contributed by atoms with Crippen molar-refractivity contribution in [3.63, 3.8) is 0 Å². The van der Waals surface area contributed by atoms with Gasteiger partial charge in [0, 0.05) is 11.5 Å². The summed E-state index contributed by atoms with van der Waals surface area (Å²) in [6, 6.07) is 1.79. The molecule has 0 N–H and O–H groups in total. The van der Waals surface area contributed by atoms with E-state index in [9.17, 15) is 0 Å². The van der Waals surface area contributed by atoms with Gasteiger partial charge in [-0.1, -0.05) is 0 Å². The molecule has 0 aromatic carbocycles. The fourth-order valence-corrected chi connectivity index (χ4v) is 2.43. The standard InChI is InChI=1S/C13H19BBrNO4/c1-12(2)13(3,4)20-14(19-12)8-7-9(17-5)16-11(18-6)10(8)15/h7H,1-6H3. The second-order valence-electron chi connectivity index (χ2n) is 5.67. The SMILES string of the molecule is COc1cc(B2OC(C)(C)C(C)(C)O2)c(Br)c(OC)n1. The smallest absolute Gasteiger partial charge is 0.481 e. The maximum atomic E-state index is 6.04. The lowest BCUT2D eigenvalue weighted by Gasteiger charge is -2.32. The number of pyridine rings is 1. The van der Waals surface area contributed by atoms with Crippen LogP contribution in [-0.2, 0) is 9.31 Å². The van der Waals surface area contributed by atoms with Crippen molar-refractivity contribution in [3.05, 3.63) is 10.5 Å². The second kappa shape index (κ2) is 5.20. The van der Waals surface area contributed by atoms with Crippen LogP contribution in [0.2, 0.25) is 0 Å². The zero-order valence-corrected chi connectivity index (χ0v) is 14.2. The number of hydrogen-bond acceptors (Lipinski definition) is 5. The minimum absolute atomic E-state index is 0.402. The summed E-state index contributed by atoms with van der Waals surface area (Å²) in [7, 11) is 2.62. The Kier molecular flexibility index (Phi) is 4.06. The van der Waals surface area contributed by atoms with Crippen molar-refractivity contribution in [1.29, 1.82) is 0 Å². The van der Waals surface area contributed by atoms with Crippen LogP contribution >= 0.6 is 15.9 Å². The molecular weight excluding hydrogens is 325 g/mol. The van der Waals surface area contributed by atoms with Gasteiger partial charge in [-0.3, -0.25) is 0 Å². The molecule has 1 fully saturated rings. The van der Waals surface area contributed by atoms with Crippen molar-refractivity contribution < 1.29 is 18.8 Å². The van der Waals surface area contributed by atoms with E-state index in [4.69, 9.17) is 18.8 Å². The molecule has 2 heterocycles. The molecule has 0 aliphatic carbocycles. The van der Waals surface area contributed by atoms with Gasteiger partial charge in [-0.2, -0.15) is 4.98 Å². The molecular formula is C13H19BBrNO4. The third-order valence-electron chi connectivity index (χ3n) is 3.84. The van der Waals surface area contributed by atoms with E-state index < -0.39 is 18.3 Å². The predicted octanol–water partition coefficient (Wildman–Crippen LogP) is 2.16. The van der Waals surface area contributed by atoms with E-state index in [1.54, 1.807) is 20.3 Å². The van der Waals surface area contributed by atoms with Gasteiger partial charge < -0.3 is 18.8 Å². The number of hydrogen-bond donors (Lipinski definition) is 0. The van der Waals surface area contributed by atoms with Gasteiger partial charge in [-0.15, -0.1) is 0 Å². The summed E-state index contributed by atoms with van der Waals surface area (Å²) in [6.45, 7) is 8.04. The quantitative estimate of drug-likeness (QED) is 0.787. The molecule has 0 atom stereocenters. The van der Waals surface area contributed by atoms with Gasteiger partial charge in [-0.05, 0) is 43.6 Å². The molecule has 1 aromatic heterocycles. The molecule has 5 nitrogen and oxygen atoms in total. The van der Waals surface area contributed by atoms with E-state index in [0.29, 0.717) is 16.2 Å². The van der Waals surface area contributed by atoms with E-state index in [2.05, 4.69) is 20.9 Å². The normalized spacial score (nSPS) is 20.1. The summed E-state index contributed by atoms with van der Waals surface area (Å²) < 4.78 is 23.2. The van der Waals surface area contributed by atoms with Crippen molar-refractivity contribution in [2.75, 3.05) is 14.2 Å². The Morgan fingerprint density at radius 3 is 2.10 bits per heavy atom.